The summed E-state index contributed by atoms with van der Waals surface area (Å²) in [5, 5.41) is 9.69. The van der Waals surface area contributed by atoms with Crippen LogP contribution < -0.4 is 0 Å². The van der Waals surface area contributed by atoms with Gasteiger partial charge >= 0.3 is 0 Å². The molecule has 0 saturated heterocycles. The van der Waals surface area contributed by atoms with Crippen molar-refractivity contribution in [1.29, 1.82) is 0 Å². The van der Waals surface area contributed by atoms with Crippen molar-refractivity contribution in [2.45, 2.75) is 32.8 Å². The molecular weight excluding hydrogens is 136 g/mol. The van der Waals surface area contributed by atoms with Gasteiger partial charge in [-0.15, -0.1) is 0 Å². The molecule has 1 rings (SSSR count). The molecule has 0 unspecified atom stereocenters. The van der Waals surface area contributed by atoms with Gasteiger partial charge in [0.15, 0.2) is 0 Å². The summed E-state index contributed by atoms with van der Waals surface area (Å²) >= 11 is 0. The van der Waals surface area contributed by atoms with Gasteiger partial charge in [-0.1, -0.05) is 13.8 Å². The Morgan fingerprint density at radius 1 is 1.45 bits per heavy atom. The molecular formula is C10H17O. The molecule has 0 aliphatic heterocycles. The molecule has 1 aliphatic rings. The van der Waals surface area contributed by atoms with E-state index in [1.54, 1.807) is 0 Å². The molecule has 0 aromatic rings. The van der Waals surface area contributed by atoms with Gasteiger partial charge in [0.25, 0.3) is 0 Å². The second kappa shape index (κ2) is 4.10. The van der Waals surface area contributed by atoms with Crippen LogP contribution >= 0.6 is 0 Å². The molecule has 1 heteroatoms. The van der Waals surface area contributed by atoms with Crippen LogP contribution in [-0.2, 0) is 0 Å². The summed E-state index contributed by atoms with van der Waals surface area (Å²) in [6.45, 7) is 4.13. The summed E-state index contributed by atoms with van der Waals surface area (Å²) in [5.41, 5.74) is 0. The Morgan fingerprint density at radius 2 is 2.18 bits per heavy atom. The normalized spacial score (nSPS) is 24.0. The van der Waals surface area contributed by atoms with Gasteiger partial charge < -0.3 is 5.11 Å². The van der Waals surface area contributed by atoms with Gasteiger partial charge in [0.2, 0.25) is 0 Å². The van der Waals surface area contributed by atoms with Crippen LogP contribution in [0.25, 0.3) is 0 Å². The van der Waals surface area contributed by atoms with Gasteiger partial charge in [0.05, 0.1) is 6.10 Å². The van der Waals surface area contributed by atoms with Crippen LogP contribution in [0, 0.1) is 31.1 Å². The zero-order valence-corrected chi connectivity index (χ0v) is 7.33. The van der Waals surface area contributed by atoms with E-state index in [2.05, 4.69) is 33.1 Å². The van der Waals surface area contributed by atoms with Crippen molar-refractivity contribution in [3.63, 3.8) is 0 Å². The first-order valence-electron chi connectivity index (χ1n) is 4.40. The second-order valence-corrected chi connectivity index (χ2v) is 3.60. The minimum atomic E-state index is -0.153. The fourth-order valence-electron chi connectivity index (χ4n) is 1.48. The topological polar surface area (TPSA) is 20.2 Å². The van der Waals surface area contributed by atoms with Crippen molar-refractivity contribution in [3.05, 3.63) is 19.3 Å². The Bertz CT molecular complexity index is 103. The van der Waals surface area contributed by atoms with E-state index in [-0.39, 0.29) is 6.10 Å². The minimum absolute atomic E-state index is 0.153. The molecule has 0 aromatic carbocycles. The number of hydrogen-bond donors (Lipinski definition) is 1. The predicted molar refractivity (Wildman–Crippen MR) is 46.5 cm³/mol. The molecule has 3 radical (unpaired) electrons. The maximum atomic E-state index is 9.69. The zero-order chi connectivity index (χ0) is 8.27. The summed E-state index contributed by atoms with van der Waals surface area (Å²) in [5.74, 6) is 0.766. The SMILES string of the molecule is CC(C)[C@@H](O)[C@@H]1[CH][CH][CH]CC1. The van der Waals surface area contributed by atoms with Crippen LogP contribution in [0.4, 0.5) is 0 Å². The molecule has 0 spiro atoms. The molecule has 2 atom stereocenters. The smallest absolute Gasteiger partial charge is 0.0594 e. The van der Waals surface area contributed by atoms with Crippen LogP contribution in [0.3, 0.4) is 0 Å². The van der Waals surface area contributed by atoms with Crippen LogP contribution in [0.15, 0.2) is 0 Å². The maximum Gasteiger partial charge on any atom is 0.0594 e. The third-order valence-corrected chi connectivity index (χ3v) is 2.28. The van der Waals surface area contributed by atoms with E-state index in [1.807, 2.05) is 0 Å². The summed E-state index contributed by atoms with van der Waals surface area (Å²) in [7, 11) is 0. The summed E-state index contributed by atoms with van der Waals surface area (Å²) in [6.07, 6.45) is 8.41. The lowest BCUT2D eigenvalue weighted by atomic mass is 9.81. The van der Waals surface area contributed by atoms with E-state index in [9.17, 15) is 5.11 Å². The average Bonchev–Trinajstić information content (AvgIpc) is 2.05. The van der Waals surface area contributed by atoms with Crippen molar-refractivity contribution in [2.75, 3.05) is 0 Å². The van der Waals surface area contributed by atoms with E-state index in [1.165, 1.54) is 0 Å². The van der Waals surface area contributed by atoms with Crippen molar-refractivity contribution in [2.24, 2.45) is 11.8 Å². The van der Waals surface area contributed by atoms with E-state index in [4.69, 9.17) is 0 Å². The van der Waals surface area contributed by atoms with Gasteiger partial charge in [-0.3, -0.25) is 0 Å². The lowest BCUT2D eigenvalue weighted by molar-refractivity contribution is 0.0729. The number of rotatable bonds is 2. The largest absolute Gasteiger partial charge is 0.393 e. The summed E-state index contributed by atoms with van der Waals surface area (Å²) in [4.78, 5) is 0. The van der Waals surface area contributed by atoms with E-state index in [0.29, 0.717) is 11.8 Å². The second-order valence-electron chi connectivity index (χ2n) is 3.60. The van der Waals surface area contributed by atoms with Crippen LogP contribution in [-0.4, -0.2) is 11.2 Å². The highest BCUT2D eigenvalue weighted by Crippen LogP contribution is 2.27. The number of hydrogen-bond acceptors (Lipinski definition) is 1. The van der Waals surface area contributed by atoms with E-state index in [0.717, 1.165) is 12.8 Å². The average molecular weight is 153 g/mol. The standard InChI is InChI=1S/C10H17O/c1-8(2)10(11)9-6-4-3-5-7-9/h3-4,6,8-11H,5,7H2,1-2H3/t9-,10-/m1/s1. The van der Waals surface area contributed by atoms with Crippen molar-refractivity contribution < 1.29 is 5.11 Å². The summed E-state index contributed by atoms with van der Waals surface area (Å²) in [6, 6.07) is 0. The Balaban J connectivity index is 2.32. The zero-order valence-electron chi connectivity index (χ0n) is 7.33. The molecule has 63 valence electrons. The molecule has 1 aliphatic carbocycles. The van der Waals surface area contributed by atoms with Gasteiger partial charge in [-0.2, -0.15) is 0 Å². The van der Waals surface area contributed by atoms with Crippen molar-refractivity contribution in [1.82, 2.24) is 0 Å². The monoisotopic (exact) mass is 153 g/mol. The Labute approximate surface area is 69.8 Å². The fraction of sp³-hybridized carbons (Fsp3) is 0.700. The molecule has 11 heavy (non-hydrogen) atoms. The maximum absolute atomic E-state index is 9.69. The highest BCUT2D eigenvalue weighted by atomic mass is 16.3. The van der Waals surface area contributed by atoms with Crippen LogP contribution in [0.2, 0.25) is 0 Å². The van der Waals surface area contributed by atoms with Gasteiger partial charge in [-0.25, -0.2) is 0 Å². The molecule has 1 nitrogen and oxygen atoms in total. The lowest BCUT2D eigenvalue weighted by Crippen LogP contribution is -2.28. The van der Waals surface area contributed by atoms with Crippen LogP contribution in [0.1, 0.15) is 26.7 Å². The van der Waals surface area contributed by atoms with Gasteiger partial charge in [0, 0.05) is 0 Å². The molecule has 0 amide bonds. The summed E-state index contributed by atoms with van der Waals surface area (Å²) < 4.78 is 0. The highest BCUT2D eigenvalue weighted by molar-refractivity contribution is 5.06. The highest BCUT2D eigenvalue weighted by Gasteiger charge is 2.23. The molecule has 1 saturated carbocycles. The van der Waals surface area contributed by atoms with Gasteiger partial charge in [0.1, 0.15) is 0 Å². The van der Waals surface area contributed by atoms with E-state index < -0.39 is 0 Å². The molecule has 0 aromatic heterocycles. The first-order chi connectivity index (χ1) is 5.22. The first kappa shape index (κ1) is 9.05. The van der Waals surface area contributed by atoms with Gasteiger partial charge in [-0.05, 0) is 43.9 Å². The Kier molecular flexibility index (Phi) is 3.38. The van der Waals surface area contributed by atoms with Crippen LogP contribution in [0.5, 0.6) is 0 Å². The lowest BCUT2D eigenvalue weighted by Gasteiger charge is -2.28. The Morgan fingerprint density at radius 3 is 2.64 bits per heavy atom. The van der Waals surface area contributed by atoms with E-state index >= 15 is 0 Å². The quantitative estimate of drug-likeness (QED) is 0.643. The molecule has 0 bridgehead atoms. The first-order valence-corrected chi connectivity index (χ1v) is 4.40. The molecule has 0 heterocycles. The van der Waals surface area contributed by atoms with Crippen molar-refractivity contribution >= 4 is 0 Å². The molecule has 1 fully saturated rings. The minimum Gasteiger partial charge on any atom is -0.393 e. The molecule has 1 N–H and O–H groups in total. The fourth-order valence-corrected chi connectivity index (χ4v) is 1.48. The third-order valence-electron chi connectivity index (χ3n) is 2.28. The number of aliphatic hydroxyl groups is 1. The Hall–Kier alpha value is -0.0400. The van der Waals surface area contributed by atoms with Crippen molar-refractivity contribution in [3.8, 4) is 0 Å². The third kappa shape index (κ3) is 2.48. The predicted octanol–water partition coefficient (Wildman–Crippen LogP) is 2.03. The number of aliphatic hydroxyl groups excluding tert-OH is 1.